The molecule has 1 rings (SSSR count). The molecule has 0 saturated carbocycles. The van der Waals surface area contributed by atoms with Crippen molar-refractivity contribution in [2.75, 3.05) is 5.75 Å². The molecule has 0 fully saturated rings. The Morgan fingerprint density at radius 2 is 2.31 bits per heavy atom. The van der Waals surface area contributed by atoms with Crippen LogP contribution in [0, 0.1) is 11.3 Å². The molecule has 6 heteroatoms. The minimum atomic E-state index is -3.51. The van der Waals surface area contributed by atoms with E-state index in [1.165, 1.54) is 0 Å². The van der Waals surface area contributed by atoms with Gasteiger partial charge in [0.05, 0.1) is 18.3 Å². The fourth-order valence-electron chi connectivity index (χ4n) is 1.27. The molecule has 1 aromatic rings. The second-order valence-electron chi connectivity index (χ2n) is 3.20. The molecule has 0 bridgehead atoms. The number of aromatic nitrogens is 1. The lowest BCUT2D eigenvalue weighted by atomic mass is 10.1. The van der Waals surface area contributed by atoms with E-state index < -0.39 is 15.8 Å². The maximum absolute atomic E-state index is 11.2. The lowest BCUT2D eigenvalue weighted by Gasteiger charge is -2.06. The van der Waals surface area contributed by atoms with Crippen molar-refractivity contribution in [1.82, 2.24) is 9.71 Å². The van der Waals surface area contributed by atoms with Gasteiger partial charge in [-0.05, 0) is 18.1 Å². The standard InChI is InChI=1S/C10H13N3O2S/c1-2-9-4-3-6-12-10(9)8-13-16(14,15)7-5-11/h3-4,6,13H,2,7-8H2,1H3. The summed E-state index contributed by atoms with van der Waals surface area (Å²) >= 11 is 0. The van der Waals surface area contributed by atoms with Gasteiger partial charge in [-0.3, -0.25) is 4.98 Å². The summed E-state index contributed by atoms with van der Waals surface area (Å²) in [4.78, 5) is 4.10. The smallest absolute Gasteiger partial charge is 0.225 e. The van der Waals surface area contributed by atoms with Crippen molar-refractivity contribution < 1.29 is 8.42 Å². The van der Waals surface area contributed by atoms with E-state index in [-0.39, 0.29) is 6.54 Å². The first-order valence-electron chi connectivity index (χ1n) is 4.86. The highest BCUT2D eigenvalue weighted by molar-refractivity contribution is 7.89. The molecule has 1 N–H and O–H groups in total. The predicted octanol–water partition coefficient (Wildman–Crippen LogP) is 0.587. The lowest BCUT2D eigenvalue weighted by molar-refractivity contribution is 0.583. The fourth-order valence-corrected chi connectivity index (χ4v) is 1.90. The number of nitrogens with zero attached hydrogens (tertiary/aromatic N) is 2. The highest BCUT2D eigenvalue weighted by Crippen LogP contribution is 2.05. The summed E-state index contributed by atoms with van der Waals surface area (Å²) < 4.78 is 24.8. The number of hydrogen-bond acceptors (Lipinski definition) is 4. The van der Waals surface area contributed by atoms with Crippen molar-refractivity contribution in [2.24, 2.45) is 0 Å². The van der Waals surface area contributed by atoms with Gasteiger partial charge in [-0.1, -0.05) is 13.0 Å². The highest BCUT2D eigenvalue weighted by atomic mass is 32.2. The molecule has 0 spiro atoms. The molecule has 0 atom stereocenters. The Morgan fingerprint density at radius 3 is 2.94 bits per heavy atom. The minimum Gasteiger partial charge on any atom is -0.260 e. The highest BCUT2D eigenvalue weighted by Gasteiger charge is 2.10. The fraction of sp³-hybridized carbons (Fsp3) is 0.400. The molecule has 0 aliphatic rings. The molecular weight excluding hydrogens is 226 g/mol. The van der Waals surface area contributed by atoms with E-state index in [0.29, 0.717) is 5.69 Å². The second kappa shape index (κ2) is 5.58. The van der Waals surface area contributed by atoms with E-state index >= 15 is 0 Å². The number of sulfonamides is 1. The van der Waals surface area contributed by atoms with Crippen molar-refractivity contribution >= 4 is 10.0 Å². The van der Waals surface area contributed by atoms with Crippen LogP contribution in [-0.2, 0) is 23.0 Å². The van der Waals surface area contributed by atoms with Crippen molar-refractivity contribution in [1.29, 1.82) is 5.26 Å². The first-order chi connectivity index (χ1) is 7.59. The van der Waals surface area contributed by atoms with Crippen LogP contribution in [-0.4, -0.2) is 19.2 Å². The van der Waals surface area contributed by atoms with Gasteiger partial charge in [0.15, 0.2) is 5.75 Å². The molecule has 0 aliphatic heterocycles. The summed E-state index contributed by atoms with van der Waals surface area (Å²) in [6.45, 7) is 2.11. The summed E-state index contributed by atoms with van der Waals surface area (Å²) in [5, 5.41) is 8.32. The monoisotopic (exact) mass is 239 g/mol. The first kappa shape index (κ1) is 12.6. The van der Waals surface area contributed by atoms with Gasteiger partial charge >= 0.3 is 0 Å². The normalized spacial score (nSPS) is 11.0. The van der Waals surface area contributed by atoms with Gasteiger partial charge < -0.3 is 0 Å². The third kappa shape index (κ3) is 3.61. The number of rotatable bonds is 5. The number of aryl methyl sites for hydroxylation is 1. The molecule has 0 saturated heterocycles. The van der Waals surface area contributed by atoms with Crippen LogP contribution in [0.2, 0.25) is 0 Å². The Morgan fingerprint density at radius 1 is 1.56 bits per heavy atom. The van der Waals surface area contributed by atoms with Gasteiger partial charge in [0.1, 0.15) is 0 Å². The maximum Gasteiger partial charge on any atom is 0.225 e. The summed E-state index contributed by atoms with van der Waals surface area (Å²) in [6.07, 6.45) is 2.41. The first-order valence-corrected chi connectivity index (χ1v) is 6.51. The van der Waals surface area contributed by atoms with Gasteiger partial charge in [-0.2, -0.15) is 5.26 Å². The Balaban J connectivity index is 2.72. The van der Waals surface area contributed by atoms with Crippen molar-refractivity contribution in [2.45, 2.75) is 19.9 Å². The van der Waals surface area contributed by atoms with Gasteiger partial charge in [0.2, 0.25) is 10.0 Å². The van der Waals surface area contributed by atoms with E-state index in [9.17, 15) is 8.42 Å². The van der Waals surface area contributed by atoms with E-state index in [0.717, 1.165) is 12.0 Å². The van der Waals surface area contributed by atoms with Crippen molar-refractivity contribution in [3.05, 3.63) is 29.6 Å². The molecular formula is C10H13N3O2S. The molecule has 0 amide bonds. The topological polar surface area (TPSA) is 82.8 Å². The quantitative estimate of drug-likeness (QED) is 0.815. The SMILES string of the molecule is CCc1cccnc1CNS(=O)(=O)CC#N. The van der Waals surface area contributed by atoms with Gasteiger partial charge in [0.25, 0.3) is 0 Å². The van der Waals surface area contributed by atoms with Crippen LogP contribution < -0.4 is 4.72 Å². The molecule has 5 nitrogen and oxygen atoms in total. The van der Waals surface area contributed by atoms with Crippen LogP contribution in [0.5, 0.6) is 0 Å². The molecule has 0 aliphatic carbocycles. The summed E-state index contributed by atoms with van der Waals surface area (Å²) in [5.74, 6) is -0.526. The molecule has 0 unspecified atom stereocenters. The van der Waals surface area contributed by atoms with Crippen LogP contribution in [0.25, 0.3) is 0 Å². The zero-order valence-electron chi connectivity index (χ0n) is 8.97. The van der Waals surface area contributed by atoms with Crippen LogP contribution in [0.3, 0.4) is 0 Å². The van der Waals surface area contributed by atoms with E-state index in [4.69, 9.17) is 5.26 Å². The Bertz CT molecular complexity index is 491. The predicted molar refractivity (Wildman–Crippen MR) is 59.9 cm³/mol. The minimum absolute atomic E-state index is 0.133. The van der Waals surface area contributed by atoms with Crippen molar-refractivity contribution in [3.8, 4) is 6.07 Å². The third-order valence-corrected chi connectivity index (χ3v) is 3.17. The van der Waals surface area contributed by atoms with Gasteiger partial charge in [0, 0.05) is 6.20 Å². The number of hydrogen-bond donors (Lipinski definition) is 1. The van der Waals surface area contributed by atoms with E-state index in [2.05, 4.69) is 9.71 Å². The zero-order valence-corrected chi connectivity index (χ0v) is 9.79. The van der Waals surface area contributed by atoms with E-state index in [1.54, 1.807) is 12.3 Å². The molecule has 16 heavy (non-hydrogen) atoms. The number of nitriles is 1. The van der Waals surface area contributed by atoms with Crippen LogP contribution in [0.15, 0.2) is 18.3 Å². The summed E-state index contributed by atoms with van der Waals surface area (Å²) in [6, 6.07) is 5.32. The average Bonchev–Trinajstić information content (AvgIpc) is 2.27. The van der Waals surface area contributed by atoms with Crippen LogP contribution in [0.1, 0.15) is 18.2 Å². The average molecular weight is 239 g/mol. The Kier molecular flexibility index (Phi) is 4.40. The number of pyridine rings is 1. The molecule has 1 heterocycles. The largest absolute Gasteiger partial charge is 0.260 e. The van der Waals surface area contributed by atoms with Crippen LogP contribution >= 0.6 is 0 Å². The lowest BCUT2D eigenvalue weighted by Crippen LogP contribution is -2.26. The second-order valence-corrected chi connectivity index (χ2v) is 5.01. The van der Waals surface area contributed by atoms with Gasteiger partial charge in [-0.25, -0.2) is 13.1 Å². The van der Waals surface area contributed by atoms with Crippen LogP contribution in [0.4, 0.5) is 0 Å². The maximum atomic E-state index is 11.2. The molecule has 0 radical (unpaired) electrons. The van der Waals surface area contributed by atoms with Crippen molar-refractivity contribution in [3.63, 3.8) is 0 Å². The molecule has 0 aromatic carbocycles. The zero-order chi connectivity index (χ0) is 12.0. The van der Waals surface area contributed by atoms with E-state index in [1.807, 2.05) is 19.1 Å². The summed E-state index contributed by atoms with van der Waals surface area (Å²) in [5.41, 5.74) is 1.70. The Labute approximate surface area is 95.2 Å². The molecule has 86 valence electrons. The number of nitrogens with one attached hydrogen (secondary N) is 1. The van der Waals surface area contributed by atoms with Gasteiger partial charge in [-0.15, -0.1) is 0 Å². The molecule has 1 aromatic heterocycles. The Hall–Kier alpha value is -1.45. The third-order valence-electron chi connectivity index (χ3n) is 2.08. The summed E-state index contributed by atoms with van der Waals surface area (Å²) in [7, 11) is -3.51.